The maximum absolute atomic E-state index is 11.7. The molecule has 0 radical (unpaired) electrons. The fourth-order valence-electron chi connectivity index (χ4n) is 1.21. The first-order chi connectivity index (χ1) is 6.82. The van der Waals surface area contributed by atoms with Gasteiger partial charge in [0.15, 0.2) is 5.78 Å². The van der Waals surface area contributed by atoms with Crippen LogP contribution in [0.15, 0.2) is 18.2 Å². The molecule has 1 heterocycles. The molecule has 0 aliphatic carbocycles. The summed E-state index contributed by atoms with van der Waals surface area (Å²) >= 11 is 0. The van der Waals surface area contributed by atoms with Crippen molar-refractivity contribution in [3.63, 3.8) is 0 Å². The third kappa shape index (κ3) is 2.86. The Kier molecular flexibility index (Phi) is 3.25. The second kappa shape index (κ2) is 4.11. The minimum Gasteiger partial charge on any atom is -0.384 e. The van der Waals surface area contributed by atoms with Gasteiger partial charge in [0.25, 0.3) is 0 Å². The lowest BCUT2D eigenvalue weighted by Crippen LogP contribution is -2.20. The second-order valence-electron chi connectivity index (χ2n) is 4.49. The van der Waals surface area contributed by atoms with Gasteiger partial charge in [0.1, 0.15) is 11.3 Å². The summed E-state index contributed by atoms with van der Waals surface area (Å²) in [5, 5.41) is 9.76. The molecule has 0 spiro atoms. The van der Waals surface area contributed by atoms with Crippen LogP contribution < -0.4 is 0 Å². The topological polar surface area (TPSA) is 50.2 Å². The quantitative estimate of drug-likeness (QED) is 0.772. The van der Waals surface area contributed by atoms with E-state index in [1.54, 1.807) is 32.0 Å². The highest BCUT2D eigenvalue weighted by molar-refractivity contribution is 5.95. The van der Waals surface area contributed by atoms with E-state index in [1.807, 2.05) is 13.8 Å². The first-order valence-electron chi connectivity index (χ1n) is 5.06. The van der Waals surface area contributed by atoms with Gasteiger partial charge in [-0.3, -0.25) is 4.79 Å². The molecule has 0 bridgehead atoms. The van der Waals surface area contributed by atoms with Crippen molar-refractivity contribution in [1.29, 1.82) is 0 Å². The van der Waals surface area contributed by atoms with Gasteiger partial charge < -0.3 is 5.11 Å². The van der Waals surface area contributed by atoms with Crippen LogP contribution in [0.3, 0.4) is 0 Å². The molecule has 0 aromatic carbocycles. The summed E-state index contributed by atoms with van der Waals surface area (Å²) in [6.45, 7) is 6.97. The van der Waals surface area contributed by atoms with Crippen LogP contribution in [0.1, 0.15) is 43.9 Å². The summed E-state index contributed by atoms with van der Waals surface area (Å²) in [6, 6.07) is 5.14. The van der Waals surface area contributed by atoms with Crippen molar-refractivity contribution in [3.8, 4) is 0 Å². The number of hydrogen-bond acceptors (Lipinski definition) is 3. The number of aliphatic hydroxyl groups is 1. The first kappa shape index (κ1) is 11.9. The number of pyridine rings is 1. The molecule has 3 heteroatoms. The minimum absolute atomic E-state index is 0.00102. The summed E-state index contributed by atoms with van der Waals surface area (Å²) in [5.74, 6) is -0.0735. The molecule has 0 unspecified atom stereocenters. The molecule has 1 aromatic heterocycles. The summed E-state index contributed by atoms with van der Waals surface area (Å²) < 4.78 is 0. The zero-order valence-electron chi connectivity index (χ0n) is 9.61. The largest absolute Gasteiger partial charge is 0.384 e. The highest BCUT2D eigenvalue weighted by Crippen LogP contribution is 2.18. The second-order valence-corrected chi connectivity index (χ2v) is 4.49. The summed E-state index contributed by atoms with van der Waals surface area (Å²) in [5.41, 5.74) is -0.0635. The molecule has 15 heavy (non-hydrogen) atoms. The van der Waals surface area contributed by atoms with Gasteiger partial charge >= 0.3 is 0 Å². The Balaban J connectivity index is 3.09. The third-order valence-electron chi connectivity index (χ3n) is 2.15. The van der Waals surface area contributed by atoms with Crippen molar-refractivity contribution >= 4 is 5.78 Å². The van der Waals surface area contributed by atoms with Crippen molar-refractivity contribution in [3.05, 3.63) is 29.6 Å². The van der Waals surface area contributed by atoms with Crippen LogP contribution in [0.5, 0.6) is 0 Å². The Morgan fingerprint density at radius 3 is 2.47 bits per heavy atom. The number of carbonyl (C=O) groups is 1. The monoisotopic (exact) mass is 207 g/mol. The SMILES string of the molecule is CC(C)C(=O)c1cccc(C(C)(C)O)n1. The van der Waals surface area contributed by atoms with Crippen LogP contribution in [0, 0.1) is 5.92 Å². The van der Waals surface area contributed by atoms with E-state index in [0.717, 1.165) is 0 Å². The van der Waals surface area contributed by atoms with Gasteiger partial charge in [0.2, 0.25) is 0 Å². The highest BCUT2D eigenvalue weighted by atomic mass is 16.3. The summed E-state index contributed by atoms with van der Waals surface area (Å²) in [7, 11) is 0. The van der Waals surface area contributed by atoms with Crippen LogP contribution in [0.25, 0.3) is 0 Å². The van der Waals surface area contributed by atoms with Crippen molar-refractivity contribution < 1.29 is 9.90 Å². The first-order valence-corrected chi connectivity index (χ1v) is 5.06. The Morgan fingerprint density at radius 1 is 1.40 bits per heavy atom. The molecule has 82 valence electrons. The molecule has 0 saturated carbocycles. The van der Waals surface area contributed by atoms with Crippen LogP contribution in [-0.2, 0) is 5.60 Å². The molecule has 0 aliphatic rings. The van der Waals surface area contributed by atoms with E-state index in [-0.39, 0.29) is 11.7 Å². The summed E-state index contributed by atoms with van der Waals surface area (Å²) in [6.07, 6.45) is 0. The van der Waals surface area contributed by atoms with E-state index in [2.05, 4.69) is 4.98 Å². The Bertz CT molecular complexity index is 364. The molecule has 1 N–H and O–H groups in total. The van der Waals surface area contributed by atoms with Crippen LogP contribution >= 0.6 is 0 Å². The van der Waals surface area contributed by atoms with E-state index < -0.39 is 5.60 Å². The smallest absolute Gasteiger partial charge is 0.183 e. The molecular weight excluding hydrogens is 190 g/mol. The van der Waals surface area contributed by atoms with E-state index >= 15 is 0 Å². The third-order valence-corrected chi connectivity index (χ3v) is 2.15. The van der Waals surface area contributed by atoms with Gasteiger partial charge in [-0.2, -0.15) is 0 Å². The van der Waals surface area contributed by atoms with E-state index in [9.17, 15) is 9.90 Å². The van der Waals surface area contributed by atoms with Gasteiger partial charge in [-0.05, 0) is 26.0 Å². The zero-order chi connectivity index (χ0) is 11.6. The van der Waals surface area contributed by atoms with Gasteiger partial charge in [0.05, 0.1) is 5.69 Å². The van der Waals surface area contributed by atoms with Gasteiger partial charge in [0, 0.05) is 5.92 Å². The predicted octanol–water partition coefficient (Wildman–Crippen LogP) is 2.15. The van der Waals surface area contributed by atoms with Crippen molar-refractivity contribution in [2.45, 2.75) is 33.3 Å². The fourth-order valence-corrected chi connectivity index (χ4v) is 1.21. The maximum atomic E-state index is 11.7. The molecule has 0 saturated heterocycles. The van der Waals surface area contributed by atoms with Crippen molar-refractivity contribution in [1.82, 2.24) is 4.98 Å². The number of ketones is 1. The number of hydrogen-bond donors (Lipinski definition) is 1. The Morgan fingerprint density at radius 2 is 2.00 bits per heavy atom. The molecule has 0 fully saturated rings. The number of rotatable bonds is 3. The van der Waals surface area contributed by atoms with Crippen LogP contribution in [0.2, 0.25) is 0 Å². The normalized spacial score (nSPS) is 11.9. The molecule has 1 aromatic rings. The molecule has 0 amide bonds. The molecule has 0 aliphatic heterocycles. The lowest BCUT2D eigenvalue weighted by molar-refractivity contribution is 0.0733. The lowest BCUT2D eigenvalue weighted by atomic mass is 10.0. The van der Waals surface area contributed by atoms with E-state index in [4.69, 9.17) is 0 Å². The minimum atomic E-state index is -1.01. The Labute approximate surface area is 90.2 Å². The van der Waals surface area contributed by atoms with Gasteiger partial charge in [-0.1, -0.05) is 19.9 Å². The van der Waals surface area contributed by atoms with Gasteiger partial charge in [-0.25, -0.2) is 4.98 Å². The number of Topliss-reactive ketones (excluding diaryl/α,β-unsaturated/α-hetero) is 1. The van der Waals surface area contributed by atoms with Crippen LogP contribution in [-0.4, -0.2) is 15.9 Å². The number of aromatic nitrogens is 1. The molecular formula is C12H17NO2. The Hall–Kier alpha value is -1.22. The lowest BCUT2D eigenvalue weighted by Gasteiger charge is -2.17. The summed E-state index contributed by atoms with van der Waals surface area (Å²) in [4.78, 5) is 15.8. The van der Waals surface area contributed by atoms with E-state index in [1.165, 1.54) is 0 Å². The predicted molar refractivity (Wildman–Crippen MR) is 58.7 cm³/mol. The fraction of sp³-hybridized carbons (Fsp3) is 0.500. The maximum Gasteiger partial charge on any atom is 0.183 e. The zero-order valence-corrected chi connectivity index (χ0v) is 9.61. The van der Waals surface area contributed by atoms with Gasteiger partial charge in [-0.15, -0.1) is 0 Å². The van der Waals surface area contributed by atoms with Crippen molar-refractivity contribution in [2.75, 3.05) is 0 Å². The van der Waals surface area contributed by atoms with E-state index in [0.29, 0.717) is 11.4 Å². The molecule has 0 atom stereocenters. The van der Waals surface area contributed by atoms with Crippen molar-refractivity contribution in [2.24, 2.45) is 5.92 Å². The number of carbonyl (C=O) groups excluding carboxylic acids is 1. The number of nitrogens with zero attached hydrogens (tertiary/aromatic N) is 1. The molecule has 3 nitrogen and oxygen atoms in total. The molecule has 1 rings (SSSR count). The average Bonchev–Trinajstić information content (AvgIpc) is 2.15. The standard InChI is InChI=1S/C12H17NO2/c1-8(2)11(14)9-6-5-7-10(13-9)12(3,4)15/h5-8,15H,1-4H3. The average molecular weight is 207 g/mol. The van der Waals surface area contributed by atoms with Crippen LogP contribution in [0.4, 0.5) is 0 Å². The highest BCUT2D eigenvalue weighted by Gasteiger charge is 2.20.